The Kier molecular flexibility index (Phi) is 5.87. The normalized spacial score (nSPS) is 21.4. The van der Waals surface area contributed by atoms with E-state index in [0.717, 1.165) is 0 Å². The highest BCUT2D eigenvalue weighted by Crippen LogP contribution is 2.02. The molecule has 104 valence electrons. The molecule has 7 nitrogen and oxygen atoms in total. The lowest BCUT2D eigenvalue weighted by atomic mass is 10.1. The number of ether oxygens (including phenoxy) is 2. The third kappa shape index (κ3) is 4.89. The molecular formula is C11H20N2O5. The number of aliphatic carboxylic acids is 1. The van der Waals surface area contributed by atoms with E-state index in [1.807, 2.05) is 0 Å². The summed E-state index contributed by atoms with van der Waals surface area (Å²) in [5.41, 5.74) is 0. The second-order valence-electron chi connectivity index (χ2n) is 4.48. The molecule has 7 heteroatoms. The average molecular weight is 260 g/mol. The van der Waals surface area contributed by atoms with E-state index in [-0.39, 0.29) is 12.0 Å². The van der Waals surface area contributed by atoms with Crippen LogP contribution in [0.25, 0.3) is 0 Å². The number of carbonyl (C=O) groups is 2. The highest BCUT2D eigenvalue weighted by atomic mass is 16.6. The van der Waals surface area contributed by atoms with Crippen molar-refractivity contribution in [3.05, 3.63) is 0 Å². The van der Waals surface area contributed by atoms with Crippen molar-refractivity contribution < 1.29 is 24.2 Å². The van der Waals surface area contributed by atoms with Gasteiger partial charge in [0.05, 0.1) is 25.9 Å². The molecule has 3 N–H and O–H groups in total. The number of carbonyl (C=O) groups excluding carboxylic acids is 1. The molecule has 0 aromatic heterocycles. The number of rotatable bonds is 5. The number of nitrogens with one attached hydrogen (secondary N) is 2. The van der Waals surface area contributed by atoms with E-state index < -0.39 is 18.0 Å². The fourth-order valence-electron chi connectivity index (χ4n) is 1.57. The zero-order valence-electron chi connectivity index (χ0n) is 10.6. The summed E-state index contributed by atoms with van der Waals surface area (Å²) in [7, 11) is 0. The van der Waals surface area contributed by atoms with Gasteiger partial charge in [-0.3, -0.25) is 0 Å². The zero-order chi connectivity index (χ0) is 13.5. The van der Waals surface area contributed by atoms with Crippen LogP contribution in [-0.2, 0) is 14.3 Å². The number of hydrogen-bond acceptors (Lipinski definition) is 4. The van der Waals surface area contributed by atoms with Gasteiger partial charge in [0.2, 0.25) is 0 Å². The average Bonchev–Trinajstić information content (AvgIpc) is 2.34. The second-order valence-corrected chi connectivity index (χ2v) is 4.48. The van der Waals surface area contributed by atoms with Gasteiger partial charge in [0.1, 0.15) is 6.04 Å². The zero-order valence-corrected chi connectivity index (χ0v) is 10.6. The van der Waals surface area contributed by atoms with E-state index in [1.54, 1.807) is 13.8 Å². The van der Waals surface area contributed by atoms with Gasteiger partial charge in [-0.1, -0.05) is 13.8 Å². The van der Waals surface area contributed by atoms with Crippen molar-refractivity contribution in [2.45, 2.75) is 26.0 Å². The molecule has 1 fully saturated rings. The molecule has 2 unspecified atom stereocenters. The predicted octanol–water partition coefficient (Wildman–Crippen LogP) is -0.190. The van der Waals surface area contributed by atoms with Crippen LogP contribution in [0, 0.1) is 5.92 Å². The van der Waals surface area contributed by atoms with Crippen molar-refractivity contribution in [3.8, 4) is 0 Å². The van der Waals surface area contributed by atoms with Crippen LogP contribution < -0.4 is 10.6 Å². The molecular weight excluding hydrogens is 240 g/mol. The lowest BCUT2D eigenvalue weighted by molar-refractivity contribution is -0.140. The predicted molar refractivity (Wildman–Crippen MR) is 63.4 cm³/mol. The fourth-order valence-corrected chi connectivity index (χ4v) is 1.57. The van der Waals surface area contributed by atoms with Crippen molar-refractivity contribution in [1.29, 1.82) is 0 Å². The van der Waals surface area contributed by atoms with Crippen LogP contribution in [0.4, 0.5) is 4.79 Å². The van der Waals surface area contributed by atoms with E-state index in [1.165, 1.54) is 0 Å². The maximum absolute atomic E-state index is 11.5. The largest absolute Gasteiger partial charge is 0.480 e. The molecule has 2 atom stereocenters. The van der Waals surface area contributed by atoms with Gasteiger partial charge in [-0.25, -0.2) is 9.59 Å². The molecule has 1 aliphatic heterocycles. The molecule has 1 rings (SSSR count). The second kappa shape index (κ2) is 7.17. The molecule has 0 aliphatic carbocycles. The highest BCUT2D eigenvalue weighted by molar-refractivity contribution is 5.82. The first-order valence-corrected chi connectivity index (χ1v) is 5.97. The number of urea groups is 1. The Labute approximate surface area is 106 Å². The van der Waals surface area contributed by atoms with Gasteiger partial charge in [-0.2, -0.15) is 0 Å². The van der Waals surface area contributed by atoms with Gasteiger partial charge in [-0.05, 0) is 5.92 Å². The van der Waals surface area contributed by atoms with Crippen LogP contribution in [0.2, 0.25) is 0 Å². The fraction of sp³-hybridized carbons (Fsp3) is 0.818. The van der Waals surface area contributed by atoms with E-state index in [2.05, 4.69) is 10.6 Å². The van der Waals surface area contributed by atoms with Crippen LogP contribution in [0.15, 0.2) is 0 Å². The number of carboxylic acids is 1. The summed E-state index contributed by atoms with van der Waals surface area (Å²) < 4.78 is 10.5. The summed E-state index contributed by atoms with van der Waals surface area (Å²) in [6.45, 7) is 5.28. The summed E-state index contributed by atoms with van der Waals surface area (Å²) in [5.74, 6) is -1.22. The Balaban J connectivity index is 2.29. The number of hydrogen-bond donors (Lipinski definition) is 3. The highest BCUT2D eigenvalue weighted by Gasteiger charge is 2.23. The van der Waals surface area contributed by atoms with Crippen LogP contribution in [0.1, 0.15) is 13.8 Å². The van der Waals surface area contributed by atoms with E-state index >= 15 is 0 Å². The Bertz CT molecular complexity index is 289. The first-order valence-electron chi connectivity index (χ1n) is 5.97. The lowest BCUT2D eigenvalue weighted by Gasteiger charge is -2.24. The van der Waals surface area contributed by atoms with Gasteiger partial charge in [0.15, 0.2) is 0 Å². The van der Waals surface area contributed by atoms with Crippen molar-refractivity contribution >= 4 is 12.0 Å². The van der Waals surface area contributed by atoms with Crippen molar-refractivity contribution in [1.82, 2.24) is 10.6 Å². The molecule has 0 saturated carbocycles. The summed E-state index contributed by atoms with van der Waals surface area (Å²) >= 11 is 0. The molecule has 0 radical (unpaired) electrons. The minimum atomic E-state index is -1.04. The lowest BCUT2D eigenvalue weighted by Crippen LogP contribution is -2.50. The van der Waals surface area contributed by atoms with Crippen molar-refractivity contribution in [2.24, 2.45) is 5.92 Å². The smallest absolute Gasteiger partial charge is 0.326 e. The molecule has 1 aliphatic rings. The van der Waals surface area contributed by atoms with Gasteiger partial charge >= 0.3 is 12.0 Å². The van der Waals surface area contributed by atoms with Crippen LogP contribution >= 0.6 is 0 Å². The standard InChI is InChI=1S/C11H20N2O5/c1-7(2)9(10(14)15)13-11(16)12-5-8-6-17-3-4-18-8/h7-9H,3-6H2,1-2H3,(H,14,15)(H2,12,13,16). The molecule has 1 heterocycles. The van der Waals surface area contributed by atoms with Gasteiger partial charge < -0.3 is 25.2 Å². The summed E-state index contributed by atoms with van der Waals surface area (Å²) in [6, 6.07) is -1.40. The van der Waals surface area contributed by atoms with E-state index in [9.17, 15) is 9.59 Å². The van der Waals surface area contributed by atoms with Gasteiger partial charge in [0.25, 0.3) is 0 Å². The molecule has 0 aromatic carbocycles. The topological polar surface area (TPSA) is 96.9 Å². The Morgan fingerprint density at radius 1 is 1.39 bits per heavy atom. The third-order valence-corrected chi connectivity index (χ3v) is 2.59. The van der Waals surface area contributed by atoms with Crippen LogP contribution in [-0.4, -0.2) is 55.6 Å². The van der Waals surface area contributed by atoms with E-state index in [0.29, 0.717) is 26.4 Å². The summed E-state index contributed by atoms with van der Waals surface area (Å²) in [6.07, 6.45) is -0.174. The molecule has 0 spiro atoms. The van der Waals surface area contributed by atoms with Crippen LogP contribution in [0.3, 0.4) is 0 Å². The SMILES string of the molecule is CC(C)C(NC(=O)NCC1COCCO1)C(=O)O. The maximum Gasteiger partial charge on any atom is 0.326 e. The molecule has 1 saturated heterocycles. The number of carboxylic acid groups (broad SMARTS) is 1. The Morgan fingerprint density at radius 2 is 2.11 bits per heavy atom. The van der Waals surface area contributed by atoms with Crippen molar-refractivity contribution in [2.75, 3.05) is 26.4 Å². The quantitative estimate of drug-likeness (QED) is 0.636. The summed E-state index contributed by atoms with van der Waals surface area (Å²) in [5, 5.41) is 13.9. The number of amides is 2. The minimum absolute atomic E-state index is 0.174. The monoisotopic (exact) mass is 260 g/mol. The van der Waals surface area contributed by atoms with Crippen molar-refractivity contribution in [3.63, 3.8) is 0 Å². The van der Waals surface area contributed by atoms with Gasteiger partial charge in [-0.15, -0.1) is 0 Å². The molecule has 0 aromatic rings. The minimum Gasteiger partial charge on any atom is -0.480 e. The maximum atomic E-state index is 11.5. The third-order valence-electron chi connectivity index (χ3n) is 2.59. The summed E-state index contributed by atoms with van der Waals surface area (Å²) in [4.78, 5) is 22.4. The molecule has 18 heavy (non-hydrogen) atoms. The Morgan fingerprint density at radius 3 is 2.61 bits per heavy atom. The van der Waals surface area contributed by atoms with E-state index in [4.69, 9.17) is 14.6 Å². The molecule has 0 bridgehead atoms. The van der Waals surface area contributed by atoms with Crippen LogP contribution in [0.5, 0.6) is 0 Å². The Hall–Kier alpha value is -1.34. The molecule has 2 amide bonds. The van der Waals surface area contributed by atoms with Gasteiger partial charge in [0, 0.05) is 6.54 Å². The first kappa shape index (κ1) is 14.7. The first-order chi connectivity index (χ1) is 8.50.